The second kappa shape index (κ2) is 3.51. The van der Waals surface area contributed by atoms with Crippen molar-refractivity contribution < 1.29 is 9.53 Å². The van der Waals surface area contributed by atoms with Crippen molar-refractivity contribution in [3.05, 3.63) is 18.1 Å². The second-order valence-electron chi connectivity index (χ2n) is 3.62. The summed E-state index contributed by atoms with van der Waals surface area (Å²) in [6.07, 6.45) is 3.47. The minimum absolute atomic E-state index is 0.331. The Labute approximate surface area is 77.0 Å². The van der Waals surface area contributed by atoms with Crippen LogP contribution in [0.1, 0.15) is 31.1 Å². The van der Waals surface area contributed by atoms with Crippen LogP contribution >= 0.6 is 0 Å². The molecule has 0 aromatic carbocycles. The summed E-state index contributed by atoms with van der Waals surface area (Å²) < 4.78 is 5.44. The fraction of sp³-hybridized carbons (Fsp3) is 0.444. The molecule has 0 bridgehead atoms. The summed E-state index contributed by atoms with van der Waals surface area (Å²) in [4.78, 5) is 18.1. The normalized spacial score (nSPS) is 11.0. The zero-order valence-corrected chi connectivity index (χ0v) is 7.94. The molecular weight excluding hydrogens is 168 g/mol. The molecule has 0 spiro atoms. The van der Waals surface area contributed by atoms with Crippen LogP contribution in [0.3, 0.4) is 0 Å². The van der Waals surface area contributed by atoms with Gasteiger partial charge < -0.3 is 4.74 Å². The van der Waals surface area contributed by atoms with Crippen LogP contribution < -0.4 is 4.74 Å². The fourth-order valence-corrected chi connectivity index (χ4v) is 0.785. The van der Waals surface area contributed by atoms with Crippen molar-refractivity contribution in [1.29, 1.82) is 0 Å². The number of rotatable bonds is 2. The van der Waals surface area contributed by atoms with E-state index >= 15 is 0 Å². The first-order valence-corrected chi connectivity index (χ1v) is 3.97. The molecule has 4 nitrogen and oxygen atoms in total. The molecule has 0 aliphatic heterocycles. The first kappa shape index (κ1) is 9.64. The van der Waals surface area contributed by atoms with E-state index in [9.17, 15) is 4.79 Å². The quantitative estimate of drug-likeness (QED) is 0.646. The standard InChI is InChI=1S/C9H12N2O2/c1-9(2,3)13-8-7(5-12)4-10-6-11-8/h4-6H,1-3H3. The van der Waals surface area contributed by atoms with Gasteiger partial charge in [0.1, 0.15) is 11.9 Å². The predicted molar refractivity (Wildman–Crippen MR) is 47.8 cm³/mol. The van der Waals surface area contributed by atoms with E-state index in [0.29, 0.717) is 17.7 Å². The van der Waals surface area contributed by atoms with Gasteiger partial charge in [-0.3, -0.25) is 4.79 Å². The molecule has 1 aromatic rings. The summed E-state index contributed by atoms with van der Waals surface area (Å²) in [5.74, 6) is 0.331. The molecule has 1 rings (SSSR count). The lowest BCUT2D eigenvalue weighted by molar-refractivity contribution is 0.108. The van der Waals surface area contributed by atoms with Crippen molar-refractivity contribution >= 4 is 6.29 Å². The van der Waals surface area contributed by atoms with Crippen molar-refractivity contribution in [2.75, 3.05) is 0 Å². The van der Waals surface area contributed by atoms with E-state index in [1.54, 1.807) is 0 Å². The molecule has 1 aromatic heterocycles. The molecule has 0 saturated carbocycles. The number of aromatic nitrogens is 2. The highest BCUT2D eigenvalue weighted by molar-refractivity contribution is 5.77. The zero-order valence-electron chi connectivity index (χ0n) is 7.94. The Balaban J connectivity index is 2.94. The number of aldehydes is 1. The topological polar surface area (TPSA) is 52.1 Å². The molecule has 0 aliphatic rings. The molecule has 0 unspecified atom stereocenters. The number of carbonyl (C=O) groups is 1. The molecule has 70 valence electrons. The molecule has 0 fully saturated rings. The summed E-state index contributed by atoms with van der Waals surface area (Å²) in [5.41, 5.74) is 0.0176. The smallest absolute Gasteiger partial charge is 0.227 e. The van der Waals surface area contributed by atoms with Crippen molar-refractivity contribution in [3.63, 3.8) is 0 Å². The van der Waals surface area contributed by atoms with Gasteiger partial charge in [-0.15, -0.1) is 0 Å². The first-order valence-electron chi connectivity index (χ1n) is 3.97. The Kier molecular flexibility index (Phi) is 2.60. The molecular formula is C9H12N2O2. The van der Waals surface area contributed by atoms with Crippen molar-refractivity contribution in [2.45, 2.75) is 26.4 Å². The van der Waals surface area contributed by atoms with Crippen LogP contribution in [0.25, 0.3) is 0 Å². The van der Waals surface area contributed by atoms with Gasteiger partial charge in [-0.2, -0.15) is 0 Å². The number of nitrogens with zero attached hydrogens (tertiary/aromatic N) is 2. The van der Waals surface area contributed by atoms with Gasteiger partial charge in [-0.25, -0.2) is 9.97 Å². The maximum Gasteiger partial charge on any atom is 0.227 e. The highest BCUT2D eigenvalue weighted by atomic mass is 16.5. The van der Waals surface area contributed by atoms with Crippen LogP contribution in [0.4, 0.5) is 0 Å². The van der Waals surface area contributed by atoms with Crippen molar-refractivity contribution in [1.82, 2.24) is 9.97 Å². The summed E-state index contributed by atoms with van der Waals surface area (Å²) in [6.45, 7) is 5.68. The summed E-state index contributed by atoms with van der Waals surface area (Å²) in [6, 6.07) is 0. The highest BCUT2D eigenvalue weighted by Gasteiger charge is 2.15. The predicted octanol–water partition coefficient (Wildman–Crippen LogP) is 1.47. The van der Waals surface area contributed by atoms with Crippen LogP contribution in [-0.4, -0.2) is 21.9 Å². The minimum Gasteiger partial charge on any atom is -0.471 e. The third-order valence-corrected chi connectivity index (χ3v) is 1.23. The average Bonchev–Trinajstić information content (AvgIpc) is 2.02. The van der Waals surface area contributed by atoms with E-state index in [2.05, 4.69) is 9.97 Å². The van der Waals surface area contributed by atoms with E-state index in [-0.39, 0.29) is 5.60 Å². The lowest BCUT2D eigenvalue weighted by atomic mass is 10.2. The van der Waals surface area contributed by atoms with Gasteiger partial charge >= 0.3 is 0 Å². The van der Waals surface area contributed by atoms with Crippen LogP contribution in [0.2, 0.25) is 0 Å². The monoisotopic (exact) mass is 180 g/mol. The Morgan fingerprint density at radius 3 is 2.69 bits per heavy atom. The first-order chi connectivity index (χ1) is 6.03. The van der Waals surface area contributed by atoms with Crippen molar-refractivity contribution in [2.24, 2.45) is 0 Å². The molecule has 0 aliphatic carbocycles. The Morgan fingerprint density at radius 2 is 2.15 bits per heavy atom. The third-order valence-electron chi connectivity index (χ3n) is 1.23. The summed E-state index contributed by atoms with van der Waals surface area (Å²) in [5, 5.41) is 0. The zero-order chi connectivity index (χ0) is 9.90. The second-order valence-corrected chi connectivity index (χ2v) is 3.62. The number of carbonyl (C=O) groups excluding carboxylic acids is 1. The molecule has 13 heavy (non-hydrogen) atoms. The van der Waals surface area contributed by atoms with E-state index in [1.807, 2.05) is 20.8 Å². The lowest BCUT2D eigenvalue weighted by Crippen LogP contribution is -2.24. The van der Waals surface area contributed by atoms with E-state index in [0.717, 1.165) is 0 Å². The minimum atomic E-state index is -0.355. The maximum atomic E-state index is 10.6. The average molecular weight is 180 g/mol. The summed E-state index contributed by atoms with van der Waals surface area (Å²) in [7, 11) is 0. The Bertz CT molecular complexity index is 305. The lowest BCUT2D eigenvalue weighted by Gasteiger charge is -2.20. The van der Waals surface area contributed by atoms with Crippen LogP contribution in [0.15, 0.2) is 12.5 Å². The van der Waals surface area contributed by atoms with E-state index in [1.165, 1.54) is 12.5 Å². The van der Waals surface area contributed by atoms with Crippen molar-refractivity contribution in [3.8, 4) is 5.88 Å². The van der Waals surface area contributed by atoms with Gasteiger partial charge in [0.25, 0.3) is 0 Å². The van der Waals surface area contributed by atoms with Gasteiger partial charge in [-0.1, -0.05) is 0 Å². The van der Waals surface area contributed by atoms with Gasteiger partial charge in [0, 0.05) is 6.20 Å². The number of ether oxygens (including phenoxy) is 1. The number of hydrogen-bond acceptors (Lipinski definition) is 4. The van der Waals surface area contributed by atoms with E-state index in [4.69, 9.17) is 4.74 Å². The molecule has 0 amide bonds. The Hall–Kier alpha value is -1.45. The van der Waals surface area contributed by atoms with Crippen LogP contribution in [0.5, 0.6) is 5.88 Å². The molecule has 0 saturated heterocycles. The SMILES string of the molecule is CC(C)(C)Oc1ncncc1C=O. The molecule has 1 heterocycles. The van der Waals surface area contributed by atoms with E-state index < -0.39 is 0 Å². The molecule has 0 atom stereocenters. The van der Waals surface area contributed by atoms with Gasteiger partial charge in [0.05, 0.1) is 5.56 Å². The highest BCUT2D eigenvalue weighted by Crippen LogP contribution is 2.17. The number of hydrogen-bond donors (Lipinski definition) is 0. The van der Waals surface area contributed by atoms with Crippen LogP contribution in [-0.2, 0) is 0 Å². The van der Waals surface area contributed by atoms with Gasteiger partial charge in [0.15, 0.2) is 6.29 Å². The third kappa shape index (κ3) is 2.82. The Morgan fingerprint density at radius 1 is 1.46 bits per heavy atom. The maximum absolute atomic E-state index is 10.6. The molecule has 0 radical (unpaired) electrons. The molecule has 0 N–H and O–H groups in total. The van der Waals surface area contributed by atoms with Gasteiger partial charge in [0.2, 0.25) is 5.88 Å². The summed E-state index contributed by atoms with van der Waals surface area (Å²) >= 11 is 0. The van der Waals surface area contributed by atoms with Gasteiger partial charge in [-0.05, 0) is 20.8 Å². The van der Waals surface area contributed by atoms with Crippen LogP contribution in [0, 0.1) is 0 Å². The molecule has 4 heteroatoms. The fourth-order valence-electron chi connectivity index (χ4n) is 0.785. The largest absolute Gasteiger partial charge is 0.471 e.